The van der Waals surface area contributed by atoms with Gasteiger partial charge >= 0.3 is 0 Å². The Morgan fingerprint density at radius 1 is 0.875 bits per heavy atom. The van der Waals surface area contributed by atoms with Gasteiger partial charge in [0.25, 0.3) is 0 Å². The molecular formula is C21H25F2N. The lowest BCUT2D eigenvalue weighted by atomic mass is 9.74. The van der Waals surface area contributed by atoms with Crippen LogP contribution in [0.25, 0.3) is 0 Å². The van der Waals surface area contributed by atoms with Crippen molar-refractivity contribution in [3.63, 3.8) is 0 Å². The summed E-state index contributed by atoms with van der Waals surface area (Å²) in [5.41, 5.74) is 2.69. The summed E-state index contributed by atoms with van der Waals surface area (Å²) in [4.78, 5) is 0. The Morgan fingerprint density at radius 2 is 1.42 bits per heavy atom. The van der Waals surface area contributed by atoms with Gasteiger partial charge in [-0.05, 0) is 53.6 Å². The number of nitrogens with one attached hydrogen (secondary N) is 1. The van der Waals surface area contributed by atoms with E-state index in [1.54, 1.807) is 0 Å². The molecule has 1 saturated heterocycles. The smallest absolute Gasteiger partial charge is 0.129 e. The number of halogens is 2. The third kappa shape index (κ3) is 2.75. The monoisotopic (exact) mass is 329 g/mol. The van der Waals surface area contributed by atoms with Crippen molar-refractivity contribution < 1.29 is 8.78 Å². The molecule has 0 spiro atoms. The van der Waals surface area contributed by atoms with Crippen LogP contribution in [0.5, 0.6) is 0 Å². The van der Waals surface area contributed by atoms with Gasteiger partial charge in [0, 0.05) is 5.56 Å². The lowest BCUT2D eigenvalue weighted by Crippen LogP contribution is -2.55. The Morgan fingerprint density at radius 3 is 1.79 bits per heavy atom. The van der Waals surface area contributed by atoms with Gasteiger partial charge in [-0.25, -0.2) is 8.78 Å². The van der Waals surface area contributed by atoms with Gasteiger partial charge in [0.2, 0.25) is 0 Å². The van der Waals surface area contributed by atoms with E-state index >= 15 is 0 Å². The Hall–Kier alpha value is -1.74. The van der Waals surface area contributed by atoms with Crippen LogP contribution in [0.3, 0.4) is 0 Å². The molecule has 0 bridgehead atoms. The molecule has 0 aromatic heterocycles. The molecule has 0 radical (unpaired) electrons. The van der Waals surface area contributed by atoms with Crippen molar-refractivity contribution in [2.24, 2.45) is 0 Å². The van der Waals surface area contributed by atoms with E-state index in [-0.39, 0.29) is 11.5 Å². The molecular weight excluding hydrogens is 304 g/mol. The Bertz CT molecular complexity index is 705. The summed E-state index contributed by atoms with van der Waals surface area (Å²) in [7, 11) is 0. The molecule has 0 saturated carbocycles. The summed E-state index contributed by atoms with van der Waals surface area (Å²) in [6, 6.07) is 11.4. The summed E-state index contributed by atoms with van der Waals surface area (Å²) in [5, 5.41) is 3.41. The Balaban J connectivity index is 2.05. The van der Waals surface area contributed by atoms with Crippen LogP contribution in [-0.2, 0) is 5.54 Å². The minimum atomic E-state index is -0.479. The van der Waals surface area contributed by atoms with Crippen molar-refractivity contribution in [2.75, 3.05) is 6.54 Å². The van der Waals surface area contributed by atoms with Crippen LogP contribution in [0.15, 0.2) is 36.4 Å². The first kappa shape index (κ1) is 17.1. The maximum atomic E-state index is 14.5. The van der Waals surface area contributed by atoms with Crippen molar-refractivity contribution in [1.29, 1.82) is 0 Å². The van der Waals surface area contributed by atoms with E-state index in [9.17, 15) is 8.78 Å². The average molecular weight is 329 g/mol. The SMILES string of the molecule is CC(C)c1ccc(C2(c3cc(F)c(C(C)C)c(F)c3)CCN2)cc1. The van der Waals surface area contributed by atoms with E-state index in [1.807, 2.05) is 13.8 Å². The number of hydrogen-bond donors (Lipinski definition) is 1. The third-order valence-electron chi connectivity index (χ3n) is 5.15. The normalized spacial score (nSPS) is 20.5. The first-order valence-corrected chi connectivity index (χ1v) is 8.70. The molecule has 2 aromatic rings. The second-order valence-electron chi connectivity index (χ2n) is 7.37. The first-order chi connectivity index (χ1) is 11.3. The molecule has 0 amide bonds. The van der Waals surface area contributed by atoms with Gasteiger partial charge in [-0.1, -0.05) is 52.0 Å². The molecule has 1 fully saturated rings. The number of hydrogen-bond acceptors (Lipinski definition) is 1. The van der Waals surface area contributed by atoms with E-state index in [0.717, 1.165) is 18.5 Å². The highest BCUT2D eigenvalue weighted by Gasteiger charge is 2.41. The largest absolute Gasteiger partial charge is 0.304 e. The average Bonchev–Trinajstić information content (AvgIpc) is 2.45. The van der Waals surface area contributed by atoms with Crippen molar-refractivity contribution in [1.82, 2.24) is 5.32 Å². The molecule has 1 heterocycles. The van der Waals surface area contributed by atoms with Gasteiger partial charge in [-0.3, -0.25) is 0 Å². The second-order valence-corrected chi connectivity index (χ2v) is 7.37. The zero-order valence-electron chi connectivity index (χ0n) is 14.8. The second kappa shape index (κ2) is 6.29. The molecule has 1 N–H and O–H groups in total. The highest BCUT2D eigenvalue weighted by Crippen LogP contribution is 2.40. The minimum absolute atomic E-state index is 0.170. The van der Waals surface area contributed by atoms with E-state index in [4.69, 9.17) is 0 Å². The van der Waals surface area contributed by atoms with Crippen LogP contribution in [0.1, 0.15) is 68.2 Å². The zero-order chi connectivity index (χ0) is 17.5. The Kier molecular flexibility index (Phi) is 4.48. The molecule has 128 valence electrons. The predicted octanol–water partition coefficient (Wildman–Crippen LogP) is 5.45. The zero-order valence-corrected chi connectivity index (χ0v) is 14.8. The van der Waals surface area contributed by atoms with E-state index in [0.29, 0.717) is 11.5 Å². The Labute approximate surface area is 143 Å². The summed E-state index contributed by atoms with van der Waals surface area (Å²) in [6.07, 6.45) is 0.841. The maximum Gasteiger partial charge on any atom is 0.129 e. The summed E-state index contributed by atoms with van der Waals surface area (Å²) < 4.78 is 28.9. The molecule has 1 unspecified atom stereocenters. The maximum absolute atomic E-state index is 14.5. The molecule has 3 rings (SSSR count). The van der Waals surface area contributed by atoms with E-state index in [1.165, 1.54) is 17.7 Å². The van der Waals surface area contributed by atoms with Crippen LogP contribution in [0, 0.1) is 11.6 Å². The predicted molar refractivity (Wildman–Crippen MR) is 94.4 cm³/mol. The van der Waals surface area contributed by atoms with Crippen LogP contribution in [0.2, 0.25) is 0 Å². The van der Waals surface area contributed by atoms with Gasteiger partial charge in [0.15, 0.2) is 0 Å². The highest BCUT2D eigenvalue weighted by atomic mass is 19.1. The van der Waals surface area contributed by atoms with Gasteiger partial charge < -0.3 is 5.32 Å². The van der Waals surface area contributed by atoms with Gasteiger partial charge in [0.05, 0.1) is 5.54 Å². The lowest BCUT2D eigenvalue weighted by molar-refractivity contribution is 0.263. The molecule has 3 heteroatoms. The van der Waals surface area contributed by atoms with Crippen LogP contribution >= 0.6 is 0 Å². The van der Waals surface area contributed by atoms with E-state index in [2.05, 4.69) is 43.4 Å². The molecule has 24 heavy (non-hydrogen) atoms. The molecule has 1 atom stereocenters. The van der Waals surface area contributed by atoms with Gasteiger partial charge in [0.1, 0.15) is 11.6 Å². The van der Waals surface area contributed by atoms with Crippen molar-refractivity contribution >= 4 is 0 Å². The fourth-order valence-electron chi connectivity index (χ4n) is 3.57. The fraction of sp³-hybridized carbons (Fsp3) is 0.429. The summed E-state index contributed by atoms with van der Waals surface area (Å²) >= 11 is 0. The van der Waals surface area contributed by atoms with Crippen molar-refractivity contribution in [3.05, 3.63) is 70.3 Å². The van der Waals surface area contributed by atoms with Crippen LogP contribution in [0.4, 0.5) is 8.78 Å². The number of benzene rings is 2. The fourth-order valence-corrected chi connectivity index (χ4v) is 3.57. The standard InChI is InChI=1S/C21H25F2N/c1-13(2)15-5-7-16(8-6-15)21(9-10-24-21)17-11-18(22)20(14(3)4)19(23)12-17/h5-8,11-14,24H,9-10H2,1-4H3. The molecule has 0 aliphatic carbocycles. The quantitative estimate of drug-likeness (QED) is 0.786. The van der Waals surface area contributed by atoms with Gasteiger partial charge in [-0.15, -0.1) is 0 Å². The summed E-state index contributed by atoms with van der Waals surface area (Å²) in [5.74, 6) is -0.613. The van der Waals surface area contributed by atoms with Crippen LogP contribution in [-0.4, -0.2) is 6.54 Å². The molecule has 1 aliphatic heterocycles. The molecule has 2 aromatic carbocycles. The van der Waals surface area contributed by atoms with Gasteiger partial charge in [-0.2, -0.15) is 0 Å². The number of rotatable bonds is 4. The molecule has 1 aliphatic rings. The van der Waals surface area contributed by atoms with Crippen LogP contribution < -0.4 is 5.32 Å². The molecule has 1 nitrogen and oxygen atoms in total. The third-order valence-corrected chi connectivity index (χ3v) is 5.15. The van der Waals surface area contributed by atoms with E-state index < -0.39 is 17.2 Å². The highest BCUT2D eigenvalue weighted by molar-refractivity contribution is 5.44. The topological polar surface area (TPSA) is 12.0 Å². The lowest BCUT2D eigenvalue weighted by Gasteiger charge is -2.44. The first-order valence-electron chi connectivity index (χ1n) is 8.70. The van der Waals surface area contributed by atoms with Crippen molar-refractivity contribution in [2.45, 2.75) is 51.5 Å². The minimum Gasteiger partial charge on any atom is -0.304 e. The summed E-state index contributed by atoms with van der Waals surface area (Å²) in [6.45, 7) is 8.77. The van der Waals surface area contributed by atoms with Crippen molar-refractivity contribution in [3.8, 4) is 0 Å².